The molecule has 1 aromatic carbocycles. The van der Waals surface area contributed by atoms with Crippen LogP contribution in [0.2, 0.25) is 5.02 Å². The lowest BCUT2D eigenvalue weighted by Gasteiger charge is -2.10. The zero-order valence-electron chi connectivity index (χ0n) is 11.0. The van der Waals surface area contributed by atoms with Crippen molar-refractivity contribution in [2.75, 3.05) is 6.61 Å². The zero-order valence-corrected chi connectivity index (χ0v) is 12.6. The third kappa shape index (κ3) is 2.13. The van der Waals surface area contributed by atoms with Crippen LogP contribution in [0.15, 0.2) is 34.7 Å². The van der Waals surface area contributed by atoms with E-state index in [1.807, 2.05) is 23.6 Å². The van der Waals surface area contributed by atoms with Crippen LogP contribution in [0.5, 0.6) is 5.75 Å². The highest BCUT2D eigenvalue weighted by Crippen LogP contribution is 2.33. The second kappa shape index (κ2) is 4.86. The van der Waals surface area contributed by atoms with Crippen molar-refractivity contribution in [3.8, 4) is 5.75 Å². The van der Waals surface area contributed by atoms with Crippen molar-refractivity contribution in [3.63, 3.8) is 0 Å². The zero-order chi connectivity index (χ0) is 14.4. The number of nitrogens with zero attached hydrogens (tertiary/aromatic N) is 2. The molecule has 3 heterocycles. The lowest BCUT2D eigenvalue weighted by atomic mass is 10.1. The number of thiophene rings is 1. The van der Waals surface area contributed by atoms with Gasteiger partial charge < -0.3 is 4.74 Å². The molecule has 0 aliphatic carbocycles. The summed E-state index contributed by atoms with van der Waals surface area (Å²) in [6.07, 6.45) is 2.44. The van der Waals surface area contributed by atoms with Crippen molar-refractivity contribution >= 4 is 33.2 Å². The van der Waals surface area contributed by atoms with Gasteiger partial charge in [-0.3, -0.25) is 9.36 Å². The Labute approximate surface area is 129 Å². The van der Waals surface area contributed by atoms with Crippen LogP contribution >= 0.6 is 22.9 Å². The summed E-state index contributed by atoms with van der Waals surface area (Å²) in [4.78, 5) is 16.8. The van der Waals surface area contributed by atoms with Crippen molar-refractivity contribution in [3.05, 3.63) is 56.4 Å². The van der Waals surface area contributed by atoms with Crippen molar-refractivity contribution in [1.82, 2.24) is 9.55 Å². The van der Waals surface area contributed by atoms with Gasteiger partial charge >= 0.3 is 0 Å². The van der Waals surface area contributed by atoms with Crippen LogP contribution in [0, 0.1) is 0 Å². The van der Waals surface area contributed by atoms with E-state index in [0.717, 1.165) is 28.8 Å². The van der Waals surface area contributed by atoms with Gasteiger partial charge in [-0.2, -0.15) is 0 Å². The molecule has 0 saturated heterocycles. The highest BCUT2D eigenvalue weighted by molar-refractivity contribution is 7.17. The maximum absolute atomic E-state index is 12.4. The molecule has 1 aliphatic heterocycles. The molecule has 0 N–H and O–H groups in total. The molecule has 0 amide bonds. The Balaban J connectivity index is 1.82. The van der Waals surface area contributed by atoms with E-state index in [-0.39, 0.29) is 5.56 Å². The molecule has 0 bridgehead atoms. The number of halogens is 1. The summed E-state index contributed by atoms with van der Waals surface area (Å²) in [5, 5.41) is 2.55. The van der Waals surface area contributed by atoms with Crippen LogP contribution < -0.4 is 10.3 Å². The van der Waals surface area contributed by atoms with Crippen LogP contribution in [0.4, 0.5) is 0 Å². The number of fused-ring (bicyclic) bond motifs is 2. The van der Waals surface area contributed by atoms with Crippen LogP contribution in [0.1, 0.15) is 11.1 Å². The first kappa shape index (κ1) is 12.9. The van der Waals surface area contributed by atoms with Gasteiger partial charge in [0.05, 0.1) is 25.0 Å². The highest BCUT2D eigenvalue weighted by atomic mass is 35.5. The van der Waals surface area contributed by atoms with E-state index >= 15 is 0 Å². The smallest absolute Gasteiger partial charge is 0.271 e. The summed E-state index contributed by atoms with van der Waals surface area (Å²) in [7, 11) is 0. The molecule has 106 valence electrons. The number of hydrogen-bond acceptors (Lipinski definition) is 4. The molecule has 3 aromatic rings. The molecule has 0 radical (unpaired) electrons. The normalized spacial score (nSPS) is 13.4. The fraction of sp³-hybridized carbons (Fsp3) is 0.200. The van der Waals surface area contributed by atoms with Crippen LogP contribution in [-0.4, -0.2) is 16.2 Å². The standard InChI is InChI=1S/C15H11ClN2O2S/c16-11-5-9-1-3-20-13(9)10(6-11)7-18-8-17-12-2-4-21-14(12)15(18)19/h2,4-6,8H,1,3,7H2. The monoisotopic (exact) mass is 318 g/mol. The van der Waals surface area contributed by atoms with Crippen LogP contribution in [-0.2, 0) is 13.0 Å². The Morgan fingerprint density at radius 2 is 2.33 bits per heavy atom. The maximum atomic E-state index is 12.4. The SMILES string of the molecule is O=c1c2sccc2ncn1Cc1cc(Cl)cc2c1OCC2. The average Bonchev–Trinajstić information content (AvgIpc) is 3.10. The maximum Gasteiger partial charge on any atom is 0.271 e. The van der Waals surface area contributed by atoms with Gasteiger partial charge in [-0.05, 0) is 29.1 Å². The summed E-state index contributed by atoms with van der Waals surface area (Å²) in [5.74, 6) is 0.859. The van der Waals surface area contributed by atoms with E-state index in [0.29, 0.717) is 22.9 Å². The Hall–Kier alpha value is -1.85. The largest absolute Gasteiger partial charge is 0.493 e. The van der Waals surface area contributed by atoms with E-state index in [4.69, 9.17) is 16.3 Å². The third-order valence-electron chi connectivity index (χ3n) is 3.60. The van der Waals surface area contributed by atoms with E-state index in [1.165, 1.54) is 11.3 Å². The predicted molar refractivity (Wildman–Crippen MR) is 83.6 cm³/mol. The molecular formula is C15H11ClN2O2S. The van der Waals surface area contributed by atoms with E-state index < -0.39 is 0 Å². The van der Waals surface area contributed by atoms with Crippen molar-refractivity contribution in [1.29, 1.82) is 0 Å². The second-order valence-electron chi connectivity index (χ2n) is 4.96. The molecule has 6 heteroatoms. The number of aromatic nitrogens is 2. The van der Waals surface area contributed by atoms with Gasteiger partial charge in [-0.1, -0.05) is 11.6 Å². The molecule has 4 nitrogen and oxygen atoms in total. The van der Waals surface area contributed by atoms with Gasteiger partial charge in [0, 0.05) is 17.0 Å². The minimum atomic E-state index is -0.0262. The van der Waals surface area contributed by atoms with Crippen molar-refractivity contribution in [2.45, 2.75) is 13.0 Å². The van der Waals surface area contributed by atoms with Crippen molar-refractivity contribution < 1.29 is 4.74 Å². The van der Waals surface area contributed by atoms with Gasteiger partial charge in [0.1, 0.15) is 10.4 Å². The minimum Gasteiger partial charge on any atom is -0.493 e. The lowest BCUT2D eigenvalue weighted by Crippen LogP contribution is -2.20. The van der Waals surface area contributed by atoms with E-state index in [1.54, 1.807) is 10.9 Å². The first-order valence-corrected chi connectivity index (χ1v) is 7.85. The molecule has 1 aliphatic rings. The quantitative estimate of drug-likeness (QED) is 0.729. The fourth-order valence-corrected chi connectivity index (χ4v) is 3.69. The van der Waals surface area contributed by atoms with Crippen LogP contribution in [0.3, 0.4) is 0 Å². The van der Waals surface area contributed by atoms with Gasteiger partial charge in [-0.25, -0.2) is 4.98 Å². The molecule has 0 spiro atoms. The summed E-state index contributed by atoms with van der Waals surface area (Å²) in [6, 6.07) is 5.64. The second-order valence-corrected chi connectivity index (χ2v) is 6.32. The van der Waals surface area contributed by atoms with Crippen LogP contribution in [0.25, 0.3) is 10.2 Å². The first-order valence-electron chi connectivity index (χ1n) is 6.59. The van der Waals surface area contributed by atoms with Crippen molar-refractivity contribution in [2.24, 2.45) is 0 Å². The topological polar surface area (TPSA) is 44.1 Å². The number of ether oxygens (including phenoxy) is 1. The molecule has 0 fully saturated rings. The first-order chi connectivity index (χ1) is 10.2. The van der Waals surface area contributed by atoms with E-state index in [9.17, 15) is 4.79 Å². The molecule has 0 atom stereocenters. The van der Waals surface area contributed by atoms with Gasteiger partial charge in [0.15, 0.2) is 0 Å². The number of hydrogen-bond donors (Lipinski definition) is 0. The number of rotatable bonds is 2. The average molecular weight is 319 g/mol. The Morgan fingerprint density at radius 3 is 3.24 bits per heavy atom. The Morgan fingerprint density at radius 1 is 1.43 bits per heavy atom. The molecule has 21 heavy (non-hydrogen) atoms. The van der Waals surface area contributed by atoms with Gasteiger partial charge in [0.25, 0.3) is 5.56 Å². The Bertz CT molecular complexity index is 900. The minimum absolute atomic E-state index is 0.0262. The summed E-state index contributed by atoms with van der Waals surface area (Å²) >= 11 is 7.57. The third-order valence-corrected chi connectivity index (χ3v) is 4.71. The molecule has 2 aromatic heterocycles. The summed E-state index contributed by atoms with van der Waals surface area (Å²) < 4.78 is 7.96. The molecule has 4 rings (SSSR count). The number of benzene rings is 1. The summed E-state index contributed by atoms with van der Waals surface area (Å²) in [6.45, 7) is 1.09. The van der Waals surface area contributed by atoms with Gasteiger partial charge in [0.2, 0.25) is 0 Å². The highest BCUT2D eigenvalue weighted by Gasteiger charge is 2.18. The molecular weight excluding hydrogens is 308 g/mol. The predicted octanol–water partition coefficient (Wildman–Crippen LogP) is 3.09. The van der Waals surface area contributed by atoms with Gasteiger partial charge in [-0.15, -0.1) is 11.3 Å². The van der Waals surface area contributed by atoms with E-state index in [2.05, 4.69) is 4.98 Å². The Kier molecular flexibility index (Phi) is 2.97. The lowest BCUT2D eigenvalue weighted by molar-refractivity contribution is 0.352. The molecule has 0 saturated carbocycles. The fourth-order valence-electron chi connectivity index (χ4n) is 2.64. The summed E-state index contributed by atoms with van der Waals surface area (Å²) in [5.41, 5.74) is 2.75. The molecule has 0 unspecified atom stereocenters.